The second-order valence-electron chi connectivity index (χ2n) is 1.95. The van der Waals surface area contributed by atoms with Gasteiger partial charge in [-0.25, -0.2) is 0 Å². The minimum absolute atomic E-state index is 0.220. The Morgan fingerprint density at radius 3 is 2.90 bits per heavy atom. The highest BCUT2D eigenvalue weighted by molar-refractivity contribution is 5.22. The summed E-state index contributed by atoms with van der Waals surface area (Å²) in [7, 11) is 3.54. The number of nitrogens with one attached hydrogen (secondary N) is 1. The topological polar surface area (TPSA) is 46.9 Å². The molecule has 10 heavy (non-hydrogen) atoms. The molecule has 0 atom stereocenters. The van der Waals surface area contributed by atoms with E-state index in [-0.39, 0.29) is 5.56 Å². The summed E-state index contributed by atoms with van der Waals surface area (Å²) in [5.41, 5.74) is -0.220. The van der Waals surface area contributed by atoms with Gasteiger partial charge in [-0.3, -0.25) is 4.79 Å². The third-order valence-corrected chi connectivity index (χ3v) is 1.21. The third kappa shape index (κ3) is 1.15. The molecule has 0 unspecified atom stereocenters. The normalized spacial score (nSPS) is 9.40. The Bertz CT molecular complexity index is 279. The van der Waals surface area contributed by atoms with Crippen LogP contribution in [0.25, 0.3) is 0 Å². The molecule has 0 aliphatic carbocycles. The van der Waals surface area contributed by atoms with E-state index in [0.717, 1.165) is 0 Å². The predicted molar refractivity (Wildman–Crippen MR) is 39.0 cm³/mol. The van der Waals surface area contributed by atoms with Crippen LogP contribution in [0.3, 0.4) is 0 Å². The number of anilines is 1. The fraction of sp³-hybridized carbons (Fsp3) is 0.333. The first-order valence-corrected chi connectivity index (χ1v) is 2.95. The summed E-state index contributed by atoms with van der Waals surface area (Å²) in [5, 5.41) is 2.79. The van der Waals surface area contributed by atoms with Crippen molar-refractivity contribution in [1.29, 1.82) is 0 Å². The minimum Gasteiger partial charge on any atom is -0.359 e. The molecule has 0 aliphatic heterocycles. The SMILES string of the molecule is CNc1nc(=O)ccn1C. The molecule has 0 saturated carbocycles. The van der Waals surface area contributed by atoms with Crippen LogP contribution in [-0.2, 0) is 7.05 Å². The standard InChI is InChI=1S/C6H9N3O/c1-7-6-8-5(10)3-4-9(6)2/h3-4H,1-2H3,(H,7,8,10). The van der Waals surface area contributed by atoms with Gasteiger partial charge in [0.1, 0.15) is 0 Å². The number of nitrogens with zero attached hydrogens (tertiary/aromatic N) is 2. The Hall–Kier alpha value is -1.32. The van der Waals surface area contributed by atoms with E-state index >= 15 is 0 Å². The second kappa shape index (κ2) is 2.51. The zero-order valence-corrected chi connectivity index (χ0v) is 5.96. The van der Waals surface area contributed by atoms with Gasteiger partial charge >= 0.3 is 0 Å². The van der Waals surface area contributed by atoms with Crippen LogP contribution < -0.4 is 10.9 Å². The van der Waals surface area contributed by atoms with E-state index < -0.39 is 0 Å². The van der Waals surface area contributed by atoms with E-state index in [4.69, 9.17) is 0 Å². The van der Waals surface area contributed by atoms with Gasteiger partial charge in [-0.05, 0) is 0 Å². The molecule has 1 rings (SSSR count). The Kier molecular flexibility index (Phi) is 1.71. The van der Waals surface area contributed by atoms with Gasteiger partial charge in [0.05, 0.1) is 0 Å². The van der Waals surface area contributed by atoms with Crippen molar-refractivity contribution in [2.24, 2.45) is 7.05 Å². The highest BCUT2D eigenvalue weighted by atomic mass is 16.1. The molecule has 4 heteroatoms. The monoisotopic (exact) mass is 139 g/mol. The van der Waals surface area contributed by atoms with Crippen molar-refractivity contribution in [2.45, 2.75) is 0 Å². The number of aryl methyl sites for hydroxylation is 1. The smallest absolute Gasteiger partial charge is 0.274 e. The summed E-state index contributed by atoms with van der Waals surface area (Å²) in [4.78, 5) is 14.3. The minimum atomic E-state index is -0.220. The van der Waals surface area contributed by atoms with Crippen molar-refractivity contribution in [2.75, 3.05) is 12.4 Å². The average Bonchev–Trinajstić information content (AvgIpc) is 1.94. The molecule has 0 bridgehead atoms. The summed E-state index contributed by atoms with van der Waals surface area (Å²) < 4.78 is 1.74. The molecule has 1 aromatic rings. The highest BCUT2D eigenvalue weighted by Gasteiger charge is 1.92. The van der Waals surface area contributed by atoms with Crippen LogP contribution in [-0.4, -0.2) is 16.6 Å². The van der Waals surface area contributed by atoms with Crippen LogP contribution >= 0.6 is 0 Å². The molecule has 4 nitrogen and oxygen atoms in total. The number of aromatic nitrogens is 2. The first kappa shape index (κ1) is 6.80. The molecule has 0 radical (unpaired) electrons. The van der Waals surface area contributed by atoms with Crippen molar-refractivity contribution in [3.63, 3.8) is 0 Å². The summed E-state index contributed by atoms with van der Waals surface area (Å²) >= 11 is 0. The number of hydrogen-bond donors (Lipinski definition) is 1. The summed E-state index contributed by atoms with van der Waals surface area (Å²) in [6.45, 7) is 0. The van der Waals surface area contributed by atoms with Gasteiger partial charge in [-0.15, -0.1) is 0 Å². The molecule has 1 N–H and O–H groups in total. The van der Waals surface area contributed by atoms with E-state index in [2.05, 4.69) is 10.3 Å². The van der Waals surface area contributed by atoms with Crippen molar-refractivity contribution >= 4 is 5.95 Å². The molecule has 1 heterocycles. The Labute approximate surface area is 58.5 Å². The van der Waals surface area contributed by atoms with Gasteiger partial charge in [0.15, 0.2) is 0 Å². The zero-order valence-electron chi connectivity index (χ0n) is 5.96. The van der Waals surface area contributed by atoms with Crippen molar-refractivity contribution in [1.82, 2.24) is 9.55 Å². The number of hydrogen-bond acceptors (Lipinski definition) is 3. The van der Waals surface area contributed by atoms with Gasteiger partial charge in [-0.1, -0.05) is 0 Å². The molecule has 0 saturated heterocycles. The van der Waals surface area contributed by atoms with Gasteiger partial charge < -0.3 is 9.88 Å². The first-order valence-electron chi connectivity index (χ1n) is 2.95. The van der Waals surface area contributed by atoms with Crippen LogP contribution in [0.1, 0.15) is 0 Å². The van der Waals surface area contributed by atoms with Gasteiger partial charge in [0.25, 0.3) is 5.56 Å². The van der Waals surface area contributed by atoms with Crippen molar-refractivity contribution < 1.29 is 0 Å². The summed E-state index contributed by atoms with van der Waals surface area (Å²) in [6.07, 6.45) is 1.67. The summed E-state index contributed by atoms with van der Waals surface area (Å²) in [6, 6.07) is 1.42. The van der Waals surface area contributed by atoms with Crippen LogP contribution in [0.4, 0.5) is 5.95 Å². The molecule has 1 aromatic heterocycles. The lowest BCUT2D eigenvalue weighted by Gasteiger charge is -2.03. The van der Waals surface area contributed by atoms with Crippen LogP contribution in [0.2, 0.25) is 0 Å². The third-order valence-electron chi connectivity index (χ3n) is 1.21. The van der Waals surface area contributed by atoms with Gasteiger partial charge in [-0.2, -0.15) is 4.98 Å². The fourth-order valence-electron chi connectivity index (χ4n) is 0.699. The molecule has 0 aliphatic rings. The first-order chi connectivity index (χ1) is 4.74. The van der Waals surface area contributed by atoms with E-state index in [1.807, 2.05) is 7.05 Å². The molecular weight excluding hydrogens is 130 g/mol. The van der Waals surface area contributed by atoms with Crippen LogP contribution in [0.15, 0.2) is 17.1 Å². The van der Waals surface area contributed by atoms with Crippen LogP contribution in [0, 0.1) is 0 Å². The molecule has 0 fully saturated rings. The quantitative estimate of drug-likeness (QED) is 0.587. The lowest BCUT2D eigenvalue weighted by atomic mass is 10.6. The maximum atomic E-state index is 10.6. The van der Waals surface area contributed by atoms with E-state index in [0.29, 0.717) is 5.95 Å². The summed E-state index contributed by atoms with van der Waals surface area (Å²) in [5.74, 6) is 0.576. The van der Waals surface area contributed by atoms with Crippen LogP contribution in [0.5, 0.6) is 0 Å². The largest absolute Gasteiger partial charge is 0.359 e. The van der Waals surface area contributed by atoms with E-state index in [9.17, 15) is 4.79 Å². The van der Waals surface area contributed by atoms with E-state index in [1.54, 1.807) is 17.8 Å². The van der Waals surface area contributed by atoms with E-state index in [1.165, 1.54) is 6.07 Å². The van der Waals surface area contributed by atoms with Crippen molar-refractivity contribution in [3.05, 3.63) is 22.6 Å². The average molecular weight is 139 g/mol. The molecule has 0 aromatic carbocycles. The Morgan fingerprint density at radius 1 is 1.70 bits per heavy atom. The number of rotatable bonds is 1. The maximum absolute atomic E-state index is 10.6. The molecule has 0 spiro atoms. The predicted octanol–water partition coefficient (Wildman–Crippen LogP) is -0.178. The lowest BCUT2D eigenvalue weighted by molar-refractivity contribution is 0.863. The fourth-order valence-corrected chi connectivity index (χ4v) is 0.699. The van der Waals surface area contributed by atoms with Gasteiger partial charge in [0, 0.05) is 26.4 Å². The Morgan fingerprint density at radius 2 is 2.40 bits per heavy atom. The molecule has 0 amide bonds. The zero-order chi connectivity index (χ0) is 7.56. The second-order valence-corrected chi connectivity index (χ2v) is 1.95. The lowest BCUT2D eigenvalue weighted by Crippen LogP contribution is -2.12. The Balaban J connectivity index is 3.22. The molecule has 54 valence electrons. The van der Waals surface area contributed by atoms with Crippen molar-refractivity contribution in [3.8, 4) is 0 Å². The molecular formula is C6H9N3O. The van der Waals surface area contributed by atoms with Gasteiger partial charge in [0.2, 0.25) is 5.95 Å². The maximum Gasteiger partial charge on any atom is 0.274 e. The highest BCUT2D eigenvalue weighted by Crippen LogP contribution is 1.92.